The summed E-state index contributed by atoms with van der Waals surface area (Å²) in [6.07, 6.45) is 7.14. The number of fused-ring (bicyclic) bond motifs is 1. The number of hydrogen-bond donors (Lipinski definition) is 1. The second-order valence-corrected chi connectivity index (χ2v) is 7.97. The molecule has 0 aromatic carbocycles. The number of anilines is 1. The molecule has 1 aliphatic rings. The van der Waals surface area contributed by atoms with Crippen molar-refractivity contribution in [2.24, 2.45) is 5.92 Å². The van der Waals surface area contributed by atoms with Crippen molar-refractivity contribution >= 4 is 35.2 Å². The predicted octanol–water partition coefficient (Wildman–Crippen LogP) is 2.22. The molecule has 1 aliphatic heterocycles. The van der Waals surface area contributed by atoms with Gasteiger partial charge in [-0.15, -0.1) is 0 Å². The normalized spacial score (nSPS) is 15.0. The molecule has 0 unspecified atom stereocenters. The first-order valence-corrected chi connectivity index (χ1v) is 10.3. The molecule has 4 heterocycles. The van der Waals surface area contributed by atoms with Gasteiger partial charge in [-0.2, -0.15) is 0 Å². The molecule has 1 fully saturated rings. The number of hydrogen-bond acceptors (Lipinski definition) is 8. The third-order valence-electron chi connectivity index (χ3n) is 5.22. The number of aryl methyl sites for hydroxylation is 1. The van der Waals surface area contributed by atoms with Crippen LogP contribution in [-0.4, -0.2) is 56.0 Å². The number of aromatic nitrogens is 5. The number of amides is 1. The van der Waals surface area contributed by atoms with Crippen LogP contribution in [0.2, 0.25) is 0 Å². The quantitative estimate of drug-likeness (QED) is 0.587. The van der Waals surface area contributed by atoms with Crippen LogP contribution in [0.5, 0.6) is 5.75 Å². The standard InChI is InChI=1S/C19H23N7O2S/c1-28-14-2-6-21-15(10-14)29-19-24-16-17(20)22-11-23-18(16)26(19)9-5-13-3-7-25(12-27)8-4-13/h2,6,10-13H,3-5,7-9H2,1H3,(H2,20,22,23). The largest absolute Gasteiger partial charge is 0.497 e. The zero-order chi connectivity index (χ0) is 20.2. The zero-order valence-corrected chi connectivity index (χ0v) is 17.0. The van der Waals surface area contributed by atoms with E-state index in [-0.39, 0.29) is 0 Å². The molecule has 3 aromatic rings. The Bertz CT molecular complexity index is 1000. The van der Waals surface area contributed by atoms with Gasteiger partial charge in [0, 0.05) is 31.9 Å². The molecule has 0 spiro atoms. The van der Waals surface area contributed by atoms with E-state index in [1.807, 2.05) is 17.0 Å². The third kappa shape index (κ3) is 4.26. The van der Waals surface area contributed by atoms with Crippen molar-refractivity contribution in [1.29, 1.82) is 0 Å². The highest BCUT2D eigenvalue weighted by molar-refractivity contribution is 7.99. The van der Waals surface area contributed by atoms with Crippen LogP contribution in [0, 0.1) is 5.92 Å². The molecule has 1 saturated heterocycles. The fourth-order valence-electron chi connectivity index (χ4n) is 3.54. The summed E-state index contributed by atoms with van der Waals surface area (Å²) in [4.78, 5) is 30.4. The molecule has 2 N–H and O–H groups in total. The minimum absolute atomic E-state index is 0.369. The molecule has 152 valence electrons. The van der Waals surface area contributed by atoms with Crippen LogP contribution in [0.4, 0.5) is 5.82 Å². The number of methoxy groups -OCH3 is 1. The summed E-state index contributed by atoms with van der Waals surface area (Å²) in [5.41, 5.74) is 7.37. The first-order valence-electron chi connectivity index (χ1n) is 9.52. The molecule has 29 heavy (non-hydrogen) atoms. The van der Waals surface area contributed by atoms with E-state index in [0.29, 0.717) is 17.3 Å². The van der Waals surface area contributed by atoms with Crippen LogP contribution >= 0.6 is 11.8 Å². The van der Waals surface area contributed by atoms with Gasteiger partial charge in [-0.05, 0) is 43.0 Å². The number of ether oxygens (including phenoxy) is 1. The number of nitrogens with zero attached hydrogens (tertiary/aromatic N) is 6. The van der Waals surface area contributed by atoms with E-state index in [1.165, 1.54) is 18.1 Å². The van der Waals surface area contributed by atoms with E-state index in [1.54, 1.807) is 13.3 Å². The molecule has 1 amide bonds. The molecule has 0 saturated carbocycles. The van der Waals surface area contributed by atoms with Crippen LogP contribution in [0.3, 0.4) is 0 Å². The second kappa shape index (κ2) is 8.64. The van der Waals surface area contributed by atoms with E-state index in [0.717, 1.165) is 66.9 Å². The fraction of sp³-hybridized carbons (Fsp3) is 0.421. The average molecular weight is 414 g/mol. The summed E-state index contributed by atoms with van der Waals surface area (Å²) < 4.78 is 7.38. The molecule has 0 bridgehead atoms. The molecular formula is C19H23N7O2S. The minimum atomic E-state index is 0.369. The number of pyridine rings is 1. The molecule has 0 aliphatic carbocycles. The Labute approximate surface area is 172 Å². The number of piperidine rings is 1. The van der Waals surface area contributed by atoms with Crippen molar-refractivity contribution in [1.82, 2.24) is 29.4 Å². The Morgan fingerprint density at radius 2 is 2.14 bits per heavy atom. The summed E-state index contributed by atoms with van der Waals surface area (Å²) >= 11 is 1.45. The van der Waals surface area contributed by atoms with E-state index in [9.17, 15) is 4.79 Å². The molecule has 0 atom stereocenters. The SMILES string of the molecule is COc1ccnc(Sc2nc3c(N)ncnc3n2CCC2CCN(C=O)CC2)c1. The van der Waals surface area contributed by atoms with Gasteiger partial charge in [0.05, 0.1) is 7.11 Å². The summed E-state index contributed by atoms with van der Waals surface area (Å²) in [7, 11) is 1.63. The Balaban J connectivity index is 1.58. The molecular weight excluding hydrogens is 390 g/mol. The van der Waals surface area contributed by atoms with Gasteiger partial charge < -0.3 is 19.9 Å². The lowest BCUT2D eigenvalue weighted by molar-refractivity contribution is -0.119. The average Bonchev–Trinajstić information content (AvgIpc) is 3.11. The van der Waals surface area contributed by atoms with Crippen LogP contribution in [0.15, 0.2) is 34.8 Å². The fourth-order valence-corrected chi connectivity index (χ4v) is 4.44. The number of imidazole rings is 1. The van der Waals surface area contributed by atoms with Gasteiger partial charge in [0.2, 0.25) is 6.41 Å². The lowest BCUT2D eigenvalue weighted by atomic mass is 9.94. The van der Waals surface area contributed by atoms with E-state index in [2.05, 4.69) is 19.5 Å². The number of carbonyl (C=O) groups excluding carboxylic acids is 1. The third-order valence-corrected chi connectivity index (χ3v) is 6.15. The highest BCUT2D eigenvalue weighted by Crippen LogP contribution is 2.32. The molecule has 3 aromatic heterocycles. The van der Waals surface area contributed by atoms with Crippen molar-refractivity contribution < 1.29 is 9.53 Å². The Hall–Kier alpha value is -2.88. The second-order valence-electron chi connectivity index (χ2n) is 6.99. The van der Waals surface area contributed by atoms with E-state index in [4.69, 9.17) is 15.5 Å². The van der Waals surface area contributed by atoms with E-state index < -0.39 is 0 Å². The summed E-state index contributed by atoms with van der Waals surface area (Å²) in [5.74, 6) is 1.68. The van der Waals surface area contributed by atoms with Crippen LogP contribution in [-0.2, 0) is 11.3 Å². The van der Waals surface area contributed by atoms with Gasteiger partial charge in [0.1, 0.15) is 17.1 Å². The van der Waals surface area contributed by atoms with Gasteiger partial charge in [-0.3, -0.25) is 4.79 Å². The minimum Gasteiger partial charge on any atom is -0.497 e. The zero-order valence-electron chi connectivity index (χ0n) is 16.2. The molecule has 9 nitrogen and oxygen atoms in total. The first-order chi connectivity index (χ1) is 14.2. The van der Waals surface area contributed by atoms with Crippen molar-refractivity contribution in [3.05, 3.63) is 24.7 Å². The Morgan fingerprint density at radius 1 is 1.31 bits per heavy atom. The number of carbonyl (C=O) groups is 1. The number of nitrogens with two attached hydrogens (primary N) is 1. The van der Waals surface area contributed by atoms with Crippen molar-refractivity contribution in [3.63, 3.8) is 0 Å². The van der Waals surface area contributed by atoms with Gasteiger partial charge in [-0.25, -0.2) is 19.9 Å². The lowest BCUT2D eigenvalue weighted by Crippen LogP contribution is -2.32. The summed E-state index contributed by atoms with van der Waals surface area (Å²) in [6.45, 7) is 2.41. The van der Waals surface area contributed by atoms with Gasteiger partial charge in [-0.1, -0.05) is 0 Å². The van der Waals surface area contributed by atoms with Gasteiger partial charge in [0.15, 0.2) is 22.1 Å². The summed E-state index contributed by atoms with van der Waals surface area (Å²) in [5, 5.41) is 1.56. The maximum Gasteiger partial charge on any atom is 0.209 e. The number of rotatable bonds is 7. The maximum atomic E-state index is 10.9. The highest BCUT2D eigenvalue weighted by atomic mass is 32.2. The molecule has 10 heteroatoms. The Kier molecular flexibility index (Phi) is 5.79. The van der Waals surface area contributed by atoms with Crippen molar-refractivity contribution in [3.8, 4) is 5.75 Å². The summed E-state index contributed by atoms with van der Waals surface area (Å²) in [6, 6.07) is 3.68. The Morgan fingerprint density at radius 3 is 2.90 bits per heavy atom. The lowest BCUT2D eigenvalue weighted by Gasteiger charge is -2.29. The molecule has 0 radical (unpaired) electrons. The van der Waals surface area contributed by atoms with Crippen LogP contribution < -0.4 is 10.5 Å². The van der Waals surface area contributed by atoms with E-state index >= 15 is 0 Å². The topological polar surface area (TPSA) is 112 Å². The number of nitrogen functional groups attached to an aromatic ring is 1. The predicted molar refractivity (Wildman–Crippen MR) is 110 cm³/mol. The maximum absolute atomic E-state index is 10.9. The van der Waals surface area contributed by atoms with Crippen LogP contribution in [0.25, 0.3) is 11.2 Å². The van der Waals surface area contributed by atoms with Gasteiger partial charge >= 0.3 is 0 Å². The highest BCUT2D eigenvalue weighted by Gasteiger charge is 2.21. The molecule has 4 rings (SSSR count). The number of likely N-dealkylation sites (tertiary alicyclic amines) is 1. The smallest absolute Gasteiger partial charge is 0.209 e. The van der Waals surface area contributed by atoms with Crippen molar-refractivity contribution in [2.75, 3.05) is 25.9 Å². The van der Waals surface area contributed by atoms with Crippen molar-refractivity contribution in [2.45, 2.75) is 36.0 Å². The first kappa shape index (κ1) is 19.4. The monoisotopic (exact) mass is 413 g/mol. The van der Waals surface area contributed by atoms with Gasteiger partial charge in [0.25, 0.3) is 0 Å². The van der Waals surface area contributed by atoms with Crippen LogP contribution in [0.1, 0.15) is 19.3 Å².